The van der Waals surface area contributed by atoms with Crippen LogP contribution in [-0.4, -0.2) is 33.5 Å². The number of halogens is 1. The first-order valence-electron chi connectivity index (χ1n) is 10.5. The molecule has 1 aliphatic rings. The van der Waals surface area contributed by atoms with Crippen LogP contribution in [0.15, 0.2) is 61.6 Å². The minimum absolute atomic E-state index is 0.511. The van der Waals surface area contributed by atoms with E-state index in [4.69, 9.17) is 28.8 Å². The lowest BCUT2D eigenvalue weighted by atomic mass is 10.2. The summed E-state index contributed by atoms with van der Waals surface area (Å²) in [5.74, 6) is 0.726. The van der Waals surface area contributed by atoms with Crippen LogP contribution in [0.1, 0.15) is 41.3 Å². The van der Waals surface area contributed by atoms with E-state index in [1.54, 1.807) is 12.5 Å². The first-order chi connectivity index (χ1) is 15.6. The normalized spacial score (nSPS) is 13.8. The Morgan fingerprint density at radius 3 is 2.94 bits per heavy atom. The largest absolute Gasteiger partial charge is 0.370 e. The highest BCUT2D eigenvalue weighted by atomic mass is 35.5. The van der Waals surface area contributed by atoms with Gasteiger partial charge in [-0.2, -0.15) is 5.10 Å². The zero-order chi connectivity index (χ0) is 21.7. The highest BCUT2D eigenvalue weighted by Crippen LogP contribution is 2.39. The summed E-state index contributed by atoms with van der Waals surface area (Å²) >= 11 is 11.7. The second-order valence-corrected chi connectivity index (χ2v) is 9.02. The summed E-state index contributed by atoms with van der Waals surface area (Å²) in [4.78, 5) is 9.81. The summed E-state index contributed by atoms with van der Waals surface area (Å²) in [6.45, 7) is 1.10. The van der Waals surface area contributed by atoms with Gasteiger partial charge >= 0.3 is 0 Å². The lowest BCUT2D eigenvalue weighted by Gasteiger charge is -2.05. The molecular weight excluding hydrogens is 442 g/mol. The SMILES string of the molecule is S=C(NCc1ncn2ccc(Cl)cc12)c1cnn(Cc2cn3cc(C4CC4)ccc3n2)c1. The second-order valence-electron chi connectivity index (χ2n) is 8.17. The number of imidazole rings is 2. The molecule has 160 valence electrons. The van der Waals surface area contributed by atoms with E-state index in [1.807, 2.05) is 33.6 Å². The molecule has 1 fully saturated rings. The van der Waals surface area contributed by atoms with E-state index in [0.717, 1.165) is 34.0 Å². The summed E-state index contributed by atoms with van der Waals surface area (Å²) in [5.41, 5.74) is 6.03. The molecule has 0 bridgehead atoms. The van der Waals surface area contributed by atoms with Crippen molar-refractivity contribution >= 4 is 40.0 Å². The number of hydrogen-bond donors (Lipinski definition) is 1. The third-order valence-corrected chi connectivity index (χ3v) is 6.40. The third-order valence-electron chi connectivity index (χ3n) is 5.79. The molecule has 7 nitrogen and oxygen atoms in total. The van der Waals surface area contributed by atoms with Crippen molar-refractivity contribution in [2.45, 2.75) is 31.8 Å². The van der Waals surface area contributed by atoms with Crippen LogP contribution in [0, 0.1) is 0 Å². The average molecular weight is 462 g/mol. The van der Waals surface area contributed by atoms with Crippen LogP contribution in [0.3, 0.4) is 0 Å². The monoisotopic (exact) mass is 461 g/mol. The average Bonchev–Trinajstić information content (AvgIpc) is 3.21. The maximum Gasteiger partial charge on any atom is 0.137 e. The van der Waals surface area contributed by atoms with E-state index >= 15 is 0 Å². The van der Waals surface area contributed by atoms with Crippen LogP contribution in [-0.2, 0) is 13.1 Å². The number of hydrogen-bond acceptors (Lipinski definition) is 4. The number of nitrogens with one attached hydrogen (secondary N) is 1. The van der Waals surface area contributed by atoms with Gasteiger partial charge in [0.1, 0.15) is 10.6 Å². The van der Waals surface area contributed by atoms with Gasteiger partial charge in [0.25, 0.3) is 0 Å². The Kier molecular flexibility index (Phi) is 4.69. The molecule has 0 atom stereocenters. The topological polar surface area (TPSA) is 64.5 Å². The fourth-order valence-electron chi connectivity index (χ4n) is 3.95. The number of aromatic nitrogens is 6. The van der Waals surface area contributed by atoms with Crippen molar-refractivity contribution < 1.29 is 0 Å². The smallest absolute Gasteiger partial charge is 0.137 e. The zero-order valence-electron chi connectivity index (χ0n) is 17.1. The molecule has 32 heavy (non-hydrogen) atoms. The van der Waals surface area contributed by atoms with Crippen molar-refractivity contribution in [2.24, 2.45) is 0 Å². The lowest BCUT2D eigenvalue weighted by Crippen LogP contribution is -2.21. The molecule has 0 aliphatic heterocycles. The van der Waals surface area contributed by atoms with Crippen LogP contribution in [0.5, 0.6) is 0 Å². The molecule has 0 unspecified atom stereocenters. The number of thiocarbonyl (C=S) groups is 1. The zero-order valence-corrected chi connectivity index (χ0v) is 18.7. The standard InChI is InChI=1S/C23H20ClN7S/c24-18-5-6-29-14-26-20(21(29)7-18)9-25-23(32)17-8-27-31(11-17)13-19-12-30-10-16(15-1-2-15)3-4-22(30)28-19/h3-8,10-12,14-15H,1-2,9,13H2,(H,25,32). The summed E-state index contributed by atoms with van der Waals surface area (Å²) in [6.07, 6.45) is 14.2. The number of pyridine rings is 2. The quantitative estimate of drug-likeness (QED) is 0.383. The predicted molar refractivity (Wildman–Crippen MR) is 127 cm³/mol. The summed E-state index contributed by atoms with van der Waals surface area (Å²) in [5, 5.41) is 8.42. The van der Waals surface area contributed by atoms with Gasteiger partial charge < -0.3 is 14.1 Å². The van der Waals surface area contributed by atoms with Crippen molar-refractivity contribution in [2.75, 3.05) is 0 Å². The van der Waals surface area contributed by atoms with Crippen molar-refractivity contribution in [1.29, 1.82) is 0 Å². The summed E-state index contributed by atoms with van der Waals surface area (Å²) in [6, 6.07) is 8.02. The molecule has 5 aromatic heterocycles. The van der Waals surface area contributed by atoms with E-state index in [0.29, 0.717) is 23.1 Å². The fraction of sp³-hybridized carbons (Fsp3) is 0.217. The minimum Gasteiger partial charge on any atom is -0.370 e. The molecule has 1 N–H and O–H groups in total. The van der Waals surface area contributed by atoms with Crippen molar-refractivity contribution in [3.8, 4) is 0 Å². The van der Waals surface area contributed by atoms with Crippen LogP contribution in [0.25, 0.3) is 11.2 Å². The second kappa shape index (κ2) is 7.72. The molecule has 6 rings (SSSR count). The van der Waals surface area contributed by atoms with Gasteiger partial charge in [0.15, 0.2) is 0 Å². The maximum atomic E-state index is 6.12. The number of fused-ring (bicyclic) bond motifs is 2. The van der Waals surface area contributed by atoms with Gasteiger partial charge in [-0.05, 0) is 42.5 Å². The molecular formula is C23H20ClN7S. The highest BCUT2D eigenvalue weighted by Gasteiger charge is 2.23. The summed E-state index contributed by atoms with van der Waals surface area (Å²) < 4.78 is 5.91. The van der Waals surface area contributed by atoms with Crippen molar-refractivity contribution in [3.05, 3.63) is 89.1 Å². The van der Waals surface area contributed by atoms with Gasteiger partial charge in [0.2, 0.25) is 0 Å². The van der Waals surface area contributed by atoms with E-state index < -0.39 is 0 Å². The van der Waals surface area contributed by atoms with Gasteiger partial charge in [-0.1, -0.05) is 29.9 Å². The van der Waals surface area contributed by atoms with Gasteiger partial charge in [-0.3, -0.25) is 4.68 Å². The molecule has 0 spiro atoms. The van der Waals surface area contributed by atoms with Gasteiger partial charge in [-0.25, -0.2) is 9.97 Å². The molecule has 9 heteroatoms. The van der Waals surface area contributed by atoms with Gasteiger partial charge in [-0.15, -0.1) is 0 Å². The van der Waals surface area contributed by atoms with Gasteiger partial charge in [0, 0.05) is 35.4 Å². The lowest BCUT2D eigenvalue weighted by molar-refractivity contribution is 0.676. The molecule has 0 amide bonds. The first-order valence-corrected chi connectivity index (χ1v) is 11.3. The molecule has 1 aliphatic carbocycles. The Balaban J connectivity index is 1.13. The van der Waals surface area contributed by atoms with Crippen LogP contribution in [0.4, 0.5) is 0 Å². The van der Waals surface area contributed by atoms with Crippen molar-refractivity contribution in [3.63, 3.8) is 0 Å². The van der Waals surface area contributed by atoms with E-state index in [2.05, 4.69) is 44.3 Å². The Labute approximate surface area is 194 Å². The molecule has 0 aromatic carbocycles. The fourth-order valence-corrected chi connectivity index (χ4v) is 4.28. The Morgan fingerprint density at radius 1 is 1.16 bits per heavy atom. The minimum atomic E-state index is 0.511. The molecule has 0 saturated heterocycles. The third kappa shape index (κ3) is 3.76. The Bertz CT molecular complexity index is 1460. The van der Waals surface area contributed by atoms with Crippen LogP contribution in [0.2, 0.25) is 5.02 Å². The number of rotatable bonds is 6. The molecule has 5 heterocycles. The highest BCUT2D eigenvalue weighted by molar-refractivity contribution is 7.80. The van der Waals surface area contributed by atoms with E-state index in [9.17, 15) is 0 Å². The predicted octanol–water partition coefficient (Wildman–Crippen LogP) is 4.22. The van der Waals surface area contributed by atoms with E-state index in [1.165, 1.54) is 18.4 Å². The molecule has 5 aromatic rings. The summed E-state index contributed by atoms with van der Waals surface area (Å²) in [7, 11) is 0. The molecule has 1 saturated carbocycles. The first kappa shape index (κ1) is 19.5. The van der Waals surface area contributed by atoms with Crippen molar-refractivity contribution in [1.82, 2.24) is 33.9 Å². The Morgan fingerprint density at radius 2 is 2.06 bits per heavy atom. The Hall–Kier alpha value is -3.23. The molecule has 0 radical (unpaired) electrons. The number of nitrogens with zero attached hydrogens (tertiary/aromatic N) is 6. The van der Waals surface area contributed by atoms with Crippen LogP contribution < -0.4 is 5.32 Å². The van der Waals surface area contributed by atoms with Gasteiger partial charge in [0.05, 0.1) is 42.5 Å². The van der Waals surface area contributed by atoms with E-state index in [-0.39, 0.29) is 0 Å². The van der Waals surface area contributed by atoms with Crippen LogP contribution >= 0.6 is 23.8 Å². The maximum absolute atomic E-state index is 6.12.